The zero-order valence-corrected chi connectivity index (χ0v) is 20.8. The second kappa shape index (κ2) is 13.0. The van der Waals surface area contributed by atoms with E-state index in [2.05, 4.69) is 46.2 Å². The van der Waals surface area contributed by atoms with Crippen LogP contribution in [0.3, 0.4) is 0 Å². The lowest BCUT2D eigenvalue weighted by atomic mass is 9.82. The molecule has 0 N–H and O–H groups in total. The van der Waals surface area contributed by atoms with Crippen molar-refractivity contribution in [2.75, 3.05) is 44.7 Å². The molecule has 0 radical (unpaired) electrons. The number of methoxy groups -OCH3 is 1. The minimum absolute atomic E-state index is 0. The van der Waals surface area contributed by atoms with Crippen LogP contribution < -0.4 is 9.64 Å². The summed E-state index contributed by atoms with van der Waals surface area (Å²) in [6.07, 6.45) is 8.09. The first-order valence-corrected chi connectivity index (χ1v) is 12.5. The van der Waals surface area contributed by atoms with Crippen LogP contribution in [0.1, 0.15) is 56.4 Å². The number of anilines is 1. The Morgan fingerprint density at radius 3 is 2.21 bits per heavy atom. The molecule has 0 amide bonds. The fourth-order valence-electron chi connectivity index (χ4n) is 5.42. The van der Waals surface area contributed by atoms with E-state index in [9.17, 15) is 4.79 Å². The molecule has 4 nitrogen and oxygen atoms in total. The van der Waals surface area contributed by atoms with Gasteiger partial charge in [0.1, 0.15) is 11.5 Å². The van der Waals surface area contributed by atoms with Gasteiger partial charge in [0.25, 0.3) is 0 Å². The summed E-state index contributed by atoms with van der Waals surface area (Å²) in [5, 5.41) is 0. The van der Waals surface area contributed by atoms with Gasteiger partial charge in [-0.25, -0.2) is 0 Å². The van der Waals surface area contributed by atoms with Gasteiger partial charge in [-0.05, 0) is 43.5 Å². The summed E-state index contributed by atoms with van der Waals surface area (Å²) < 4.78 is 5.55. The third kappa shape index (κ3) is 6.74. The number of rotatable bonds is 8. The van der Waals surface area contributed by atoms with Gasteiger partial charge in [0.15, 0.2) is 0 Å². The number of hydrogen-bond acceptors (Lipinski definition) is 4. The largest absolute Gasteiger partial charge is 0.495 e. The van der Waals surface area contributed by atoms with Crippen molar-refractivity contribution in [2.24, 2.45) is 5.92 Å². The third-order valence-electron chi connectivity index (χ3n) is 7.34. The maximum Gasteiger partial charge on any atom is 0.143 e. The summed E-state index contributed by atoms with van der Waals surface area (Å²) in [6.45, 7) is 5.02. The molecule has 2 aromatic rings. The van der Waals surface area contributed by atoms with E-state index in [0.717, 1.165) is 57.7 Å². The van der Waals surface area contributed by atoms with E-state index >= 15 is 0 Å². The second-order valence-corrected chi connectivity index (χ2v) is 9.34. The number of ketones is 1. The summed E-state index contributed by atoms with van der Waals surface area (Å²) in [4.78, 5) is 18.5. The van der Waals surface area contributed by atoms with Gasteiger partial charge in [0.05, 0.1) is 12.8 Å². The number of benzene rings is 2. The Morgan fingerprint density at radius 2 is 1.55 bits per heavy atom. The van der Waals surface area contributed by atoms with Crippen LogP contribution in [0.2, 0.25) is 0 Å². The molecule has 1 heterocycles. The highest BCUT2D eigenvalue weighted by molar-refractivity contribution is 5.88. The monoisotopic (exact) mass is 470 g/mol. The Labute approximate surface area is 205 Å². The maximum atomic E-state index is 13.6. The first kappa shape index (κ1) is 25.6. The Bertz CT molecular complexity index is 844. The number of piperazine rings is 1. The molecule has 1 unspecified atom stereocenters. The Morgan fingerprint density at radius 1 is 0.909 bits per heavy atom. The van der Waals surface area contributed by atoms with Gasteiger partial charge >= 0.3 is 0 Å². The van der Waals surface area contributed by atoms with Crippen molar-refractivity contribution >= 4 is 23.9 Å². The van der Waals surface area contributed by atoms with Crippen LogP contribution in [0.4, 0.5) is 5.69 Å². The highest BCUT2D eigenvalue weighted by atomic mass is 35.5. The molecule has 1 atom stereocenters. The Balaban J connectivity index is 0.00000306. The minimum atomic E-state index is 0. The predicted molar refractivity (Wildman–Crippen MR) is 139 cm³/mol. The molecule has 5 heteroatoms. The van der Waals surface area contributed by atoms with Crippen molar-refractivity contribution in [2.45, 2.75) is 50.9 Å². The molecule has 0 aromatic heterocycles. The molecular weight excluding hydrogens is 432 g/mol. The van der Waals surface area contributed by atoms with Crippen LogP contribution >= 0.6 is 12.4 Å². The van der Waals surface area contributed by atoms with Gasteiger partial charge in [-0.15, -0.1) is 12.4 Å². The fourth-order valence-corrected chi connectivity index (χ4v) is 5.42. The van der Waals surface area contributed by atoms with Gasteiger partial charge in [0, 0.05) is 38.0 Å². The quantitative estimate of drug-likeness (QED) is 0.446. The van der Waals surface area contributed by atoms with Crippen LogP contribution in [-0.4, -0.2) is 50.5 Å². The van der Waals surface area contributed by atoms with Crippen LogP contribution in [0.25, 0.3) is 0 Å². The zero-order valence-electron chi connectivity index (χ0n) is 20.0. The molecule has 2 fully saturated rings. The van der Waals surface area contributed by atoms with E-state index in [4.69, 9.17) is 4.74 Å². The number of carbonyl (C=O) groups is 1. The summed E-state index contributed by atoms with van der Waals surface area (Å²) in [6, 6.07) is 18.8. The highest BCUT2D eigenvalue weighted by Gasteiger charge is 2.29. The van der Waals surface area contributed by atoms with Crippen molar-refractivity contribution in [3.8, 4) is 5.75 Å². The summed E-state index contributed by atoms with van der Waals surface area (Å²) >= 11 is 0. The van der Waals surface area contributed by atoms with Gasteiger partial charge in [-0.3, -0.25) is 9.69 Å². The Hall–Kier alpha value is -2.04. The topological polar surface area (TPSA) is 32.8 Å². The molecule has 180 valence electrons. The van der Waals surface area contributed by atoms with Crippen molar-refractivity contribution < 1.29 is 9.53 Å². The van der Waals surface area contributed by atoms with Gasteiger partial charge in [-0.1, -0.05) is 68.1 Å². The van der Waals surface area contributed by atoms with E-state index in [-0.39, 0.29) is 24.2 Å². The molecule has 1 aliphatic carbocycles. The number of nitrogens with zero attached hydrogens (tertiary/aromatic N) is 2. The van der Waals surface area contributed by atoms with Crippen LogP contribution in [0, 0.1) is 5.92 Å². The van der Waals surface area contributed by atoms with Gasteiger partial charge in [-0.2, -0.15) is 0 Å². The molecular formula is C28H39ClN2O2. The smallest absolute Gasteiger partial charge is 0.143 e. The predicted octanol–water partition coefficient (Wildman–Crippen LogP) is 5.95. The van der Waals surface area contributed by atoms with Gasteiger partial charge in [0.2, 0.25) is 0 Å². The second-order valence-electron chi connectivity index (χ2n) is 9.34. The van der Waals surface area contributed by atoms with E-state index in [1.165, 1.54) is 36.9 Å². The summed E-state index contributed by atoms with van der Waals surface area (Å²) in [7, 11) is 1.74. The average Bonchev–Trinajstić information content (AvgIpc) is 3.15. The highest BCUT2D eigenvalue weighted by Crippen LogP contribution is 2.32. The summed E-state index contributed by atoms with van der Waals surface area (Å²) in [5.41, 5.74) is 2.38. The number of halogens is 1. The number of hydrogen-bond donors (Lipinski definition) is 0. The lowest BCUT2D eigenvalue weighted by molar-refractivity contribution is -0.125. The Kier molecular flexibility index (Phi) is 10.1. The number of carbonyl (C=O) groups excluding carboxylic acids is 1. The van der Waals surface area contributed by atoms with Crippen LogP contribution in [0.5, 0.6) is 5.75 Å². The first-order valence-electron chi connectivity index (χ1n) is 12.5. The van der Waals surface area contributed by atoms with Crippen molar-refractivity contribution in [1.82, 2.24) is 4.90 Å². The molecule has 2 aromatic carbocycles. The van der Waals surface area contributed by atoms with E-state index in [1.54, 1.807) is 7.11 Å². The maximum absolute atomic E-state index is 13.6. The van der Waals surface area contributed by atoms with Crippen molar-refractivity contribution in [1.29, 1.82) is 0 Å². The average molecular weight is 471 g/mol. The molecule has 1 aliphatic heterocycles. The molecule has 33 heavy (non-hydrogen) atoms. The molecule has 0 spiro atoms. The van der Waals surface area contributed by atoms with Crippen molar-refractivity contribution in [3.63, 3.8) is 0 Å². The first-order chi connectivity index (χ1) is 15.8. The molecule has 2 aliphatic rings. The molecule has 1 saturated carbocycles. The number of Topliss-reactive ketones (excluding diaryl/α,β-unsaturated/α-hetero) is 1. The zero-order chi connectivity index (χ0) is 22.2. The third-order valence-corrected chi connectivity index (χ3v) is 7.34. The van der Waals surface area contributed by atoms with E-state index in [1.807, 2.05) is 18.2 Å². The minimum Gasteiger partial charge on any atom is -0.495 e. The molecule has 1 saturated heterocycles. The van der Waals surface area contributed by atoms with Crippen LogP contribution in [0.15, 0.2) is 54.6 Å². The molecule has 0 bridgehead atoms. The molecule has 4 rings (SSSR count). The lowest BCUT2D eigenvalue weighted by Crippen LogP contribution is -2.47. The van der Waals surface area contributed by atoms with Gasteiger partial charge < -0.3 is 9.64 Å². The van der Waals surface area contributed by atoms with E-state index < -0.39 is 0 Å². The fraction of sp³-hybridized carbons (Fsp3) is 0.536. The van der Waals surface area contributed by atoms with Crippen molar-refractivity contribution in [3.05, 3.63) is 60.2 Å². The normalized spacial score (nSPS) is 18.8. The van der Waals surface area contributed by atoms with E-state index in [0.29, 0.717) is 5.78 Å². The number of ether oxygens (including phenoxy) is 1. The van der Waals surface area contributed by atoms with Crippen LogP contribution in [-0.2, 0) is 4.79 Å². The summed E-state index contributed by atoms with van der Waals surface area (Å²) in [5.74, 6) is 1.72. The number of para-hydroxylation sites is 2. The lowest BCUT2D eigenvalue weighted by Gasteiger charge is -2.37. The standard InChI is InChI=1S/C28H38N2O2.ClH/c1-32-27-16-10-9-15-26(27)30-21-19-29(20-22-30)18-17-25(23-11-7-4-8-12-23)28(31)24-13-5-2-3-6-14-24;/h4,7-12,15-16,24-25H,2-3,5-6,13-14,17-22H2,1H3;1H. The SMILES string of the molecule is COc1ccccc1N1CCN(CCC(C(=O)C2CCCCCC2)c2ccccc2)CC1.Cl.